The first-order valence-electron chi connectivity index (χ1n) is 13.5. The largest absolute Gasteiger partial charge is 0.497 e. The normalized spacial score (nSPS) is 14.5. The van der Waals surface area contributed by atoms with Gasteiger partial charge in [-0.15, -0.1) is 4.99 Å². The molecule has 3 rings (SSSR count). The molecule has 228 valence electrons. The number of aliphatic imine (C=N–C) groups is 1. The molecule has 2 aromatic rings. The molecule has 0 unspecified atom stereocenters. The average molecular weight is 695 g/mol. The van der Waals surface area contributed by atoms with E-state index in [1.54, 1.807) is 67.6 Å². The highest BCUT2D eigenvalue weighted by Gasteiger charge is 2.35. The van der Waals surface area contributed by atoms with E-state index < -0.39 is 44.6 Å². The molecule has 1 aliphatic rings. The summed E-state index contributed by atoms with van der Waals surface area (Å²) in [6, 6.07) is 15.8. The van der Waals surface area contributed by atoms with Crippen LogP contribution in [-0.4, -0.2) is 89.5 Å². The molecule has 0 aromatic heterocycles. The molecule has 1 heterocycles. The molecule has 1 aliphatic heterocycles. The summed E-state index contributed by atoms with van der Waals surface area (Å²) in [5, 5.41) is 0. The van der Waals surface area contributed by atoms with Crippen LogP contribution < -0.4 is 25.9 Å². The van der Waals surface area contributed by atoms with Crippen LogP contribution in [0, 0.1) is 7.14 Å². The minimum atomic E-state index is -0.854. The van der Waals surface area contributed by atoms with Crippen LogP contribution in [0.25, 0.3) is 0 Å². The molecule has 0 aliphatic carbocycles. The predicted molar refractivity (Wildman–Crippen MR) is 155 cm³/mol. The van der Waals surface area contributed by atoms with Crippen molar-refractivity contribution in [1.82, 2.24) is 19.6 Å². The monoisotopic (exact) mass is 694 g/mol. The second-order valence-electron chi connectivity index (χ2n) is 11.8. The summed E-state index contributed by atoms with van der Waals surface area (Å²) in [5.41, 5.74) is -0.773. The number of urea groups is 1. The van der Waals surface area contributed by atoms with Crippen molar-refractivity contribution in [3.63, 3.8) is 0 Å². The lowest BCUT2D eigenvalue weighted by molar-refractivity contribution is -0.597. The molecule has 1 fully saturated rings. The predicted octanol–water partition coefficient (Wildman–Crippen LogP) is 2.07. The summed E-state index contributed by atoms with van der Waals surface area (Å²) in [4.78, 5) is 49.4. The van der Waals surface area contributed by atoms with E-state index in [9.17, 15) is 14.4 Å². The van der Waals surface area contributed by atoms with Crippen LogP contribution in [0.4, 0.5) is 14.4 Å². The molecule has 0 radical (unpaired) electrons. The molecule has 0 saturated carbocycles. The lowest BCUT2D eigenvalue weighted by atomic mass is 10.2. The molecular formula is C30H41IN5O6+. The van der Waals surface area contributed by atoms with Crippen LogP contribution in [0.2, 0.25) is 0 Å². The third kappa shape index (κ3) is 9.78. The number of methoxy groups -OCH3 is 1. The van der Waals surface area contributed by atoms with Gasteiger partial charge in [0.05, 0.1) is 27.0 Å². The first-order valence-corrected chi connectivity index (χ1v) is 15.6. The Morgan fingerprint density at radius 3 is 2.05 bits per heavy atom. The van der Waals surface area contributed by atoms with Crippen molar-refractivity contribution in [2.45, 2.75) is 59.3 Å². The third-order valence-electron chi connectivity index (χ3n) is 5.64. The zero-order valence-corrected chi connectivity index (χ0v) is 28.0. The van der Waals surface area contributed by atoms with E-state index in [0.29, 0.717) is 0 Å². The average Bonchev–Trinajstić information content (AvgIpc) is 2.87. The summed E-state index contributed by atoms with van der Waals surface area (Å²) in [7, 11) is 4.92. The van der Waals surface area contributed by atoms with Crippen molar-refractivity contribution >= 4 is 24.2 Å². The number of guanidine groups is 1. The molecule has 0 spiro atoms. The maximum atomic E-state index is 13.7. The van der Waals surface area contributed by atoms with Gasteiger partial charge in [0.25, 0.3) is 0 Å². The van der Waals surface area contributed by atoms with Crippen molar-refractivity contribution in [1.29, 1.82) is 0 Å². The summed E-state index contributed by atoms with van der Waals surface area (Å²) in [6.45, 7) is 10.8. The number of carbonyl (C=O) groups excluding carboxylic acids is 3. The van der Waals surface area contributed by atoms with Gasteiger partial charge < -0.3 is 28.9 Å². The highest BCUT2D eigenvalue weighted by molar-refractivity contribution is 5.99. The van der Waals surface area contributed by atoms with Gasteiger partial charge in [-0.3, -0.25) is 0 Å². The van der Waals surface area contributed by atoms with Gasteiger partial charge in [-0.25, -0.2) is 19.3 Å². The SMILES string of the molecule is COc1ccc([I+]c2cccc(CN(C(=O)OC(C)(C)C)C(=NC(=O)OC(C)(C)C)N3CN(C)C(=O)N(C)C3)c2)cc1. The topological polar surface area (TPSA) is 104 Å². The zero-order valence-electron chi connectivity index (χ0n) is 25.8. The van der Waals surface area contributed by atoms with Crippen molar-refractivity contribution in [2.24, 2.45) is 4.99 Å². The third-order valence-corrected chi connectivity index (χ3v) is 8.27. The summed E-state index contributed by atoms with van der Waals surface area (Å²) >= 11 is -0.503. The van der Waals surface area contributed by atoms with Crippen molar-refractivity contribution in [2.75, 3.05) is 34.5 Å². The highest BCUT2D eigenvalue weighted by Crippen LogP contribution is 2.19. The minimum absolute atomic E-state index is 0.0277. The lowest BCUT2D eigenvalue weighted by Crippen LogP contribution is -3.61. The van der Waals surface area contributed by atoms with E-state index in [0.717, 1.165) is 14.9 Å². The van der Waals surface area contributed by atoms with Crippen LogP contribution in [0.5, 0.6) is 5.75 Å². The van der Waals surface area contributed by atoms with Gasteiger partial charge in [-0.05, 0) is 83.5 Å². The Morgan fingerprint density at radius 1 is 0.905 bits per heavy atom. The van der Waals surface area contributed by atoms with Crippen LogP contribution in [0.15, 0.2) is 53.5 Å². The fourth-order valence-electron chi connectivity index (χ4n) is 3.93. The van der Waals surface area contributed by atoms with Gasteiger partial charge >= 0.3 is 39.4 Å². The first-order chi connectivity index (χ1) is 19.5. The molecule has 4 amide bonds. The number of ether oxygens (including phenoxy) is 3. The lowest BCUT2D eigenvalue weighted by Gasteiger charge is -2.42. The van der Waals surface area contributed by atoms with Crippen LogP contribution in [0.1, 0.15) is 47.1 Å². The van der Waals surface area contributed by atoms with E-state index in [-0.39, 0.29) is 31.9 Å². The van der Waals surface area contributed by atoms with E-state index in [4.69, 9.17) is 14.2 Å². The first kappa shape index (κ1) is 33.0. The number of hydrogen-bond acceptors (Lipinski definition) is 6. The van der Waals surface area contributed by atoms with E-state index in [1.165, 1.54) is 18.3 Å². The standard InChI is InChI=1S/C30H41IN5O6/c1-29(2,3)41-26(37)32-25(35-19-33(7)27(38)34(8)20-35)36(28(39)42-30(4,5)6)18-21-11-10-12-23(17-21)31-22-13-15-24(40-9)16-14-22/h10-17H,18-20H2,1-9H3/q+1. The Labute approximate surface area is 258 Å². The number of carbonyl (C=O) groups is 3. The molecule has 0 bridgehead atoms. The second kappa shape index (κ2) is 13.6. The summed E-state index contributed by atoms with van der Waals surface area (Å²) < 4.78 is 18.9. The number of amides is 4. The fourth-order valence-corrected chi connectivity index (χ4v) is 6.32. The van der Waals surface area contributed by atoms with Gasteiger partial charge in [0.2, 0.25) is 5.96 Å². The van der Waals surface area contributed by atoms with Gasteiger partial charge in [-0.1, -0.05) is 12.1 Å². The summed E-state index contributed by atoms with van der Waals surface area (Å²) in [6.07, 6.45) is -1.53. The molecule has 12 heteroatoms. The Balaban J connectivity index is 2.02. The van der Waals surface area contributed by atoms with E-state index >= 15 is 0 Å². The van der Waals surface area contributed by atoms with Crippen molar-refractivity contribution < 1.29 is 49.8 Å². The molecule has 42 heavy (non-hydrogen) atoms. The van der Waals surface area contributed by atoms with Crippen LogP contribution in [0.3, 0.4) is 0 Å². The molecule has 2 aromatic carbocycles. The van der Waals surface area contributed by atoms with Crippen LogP contribution >= 0.6 is 0 Å². The molecule has 1 saturated heterocycles. The number of hydrogen-bond donors (Lipinski definition) is 0. The highest BCUT2D eigenvalue weighted by atomic mass is 127. The van der Waals surface area contributed by atoms with Crippen molar-refractivity contribution in [3.05, 3.63) is 61.2 Å². The Bertz CT molecular complexity index is 1290. The van der Waals surface area contributed by atoms with Gasteiger partial charge in [0.15, 0.2) is 7.14 Å². The van der Waals surface area contributed by atoms with E-state index in [2.05, 4.69) is 29.3 Å². The zero-order chi connectivity index (χ0) is 31.2. The molecule has 11 nitrogen and oxygen atoms in total. The molecule has 0 N–H and O–H groups in total. The smallest absolute Gasteiger partial charge is 0.437 e. The second-order valence-corrected chi connectivity index (χ2v) is 14.9. The van der Waals surface area contributed by atoms with Crippen molar-refractivity contribution in [3.8, 4) is 5.75 Å². The fraction of sp³-hybridized carbons (Fsp3) is 0.467. The minimum Gasteiger partial charge on any atom is -0.497 e. The van der Waals surface area contributed by atoms with Gasteiger partial charge in [0.1, 0.15) is 17.0 Å². The Hall–Kier alpha value is -3.55. The molecular weight excluding hydrogens is 653 g/mol. The number of halogens is 1. The maximum absolute atomic E-state index is 13.7. The number of nitrogens with zero attached hydrogens (tertiary/aromatic N) is 5. The Kier molecular flexibility index (Phi) is 10.7. The number of rotatable bonds is 5. The number of benzene rings is 2. The molecule has 0 atom stereocenters. The van der Waals surface area contributed by atoms with Gasteiger partial charge in [0, 0.05) is 14.1 Å². The van der Waals surface area contributed by atoms with Gasteiger partial charge in [-0.2, -0.15) is 0 Å². The van der Waals surface area contributed by atoms with Crippen LogP contribution in [-0.2, 0) is 16.0 Å². The Morgan fingerprint density at radius 2 is 1.50 bits per heavy atom. The summed E-state index contributed by atoms with van der Waals surface area (Å²) in [5.74, 6) is 0.831. The van der Waals surface area contributed by atoms with E-state index in [1.807, 2.05) is 24.3 Å². The quantitative estimate of drug-likeness (QED) is 0.268. The maximum Gasteiger partial charge on any atom is 0.437 e.